The maximum atomic E-state index is 14.9. The number of benzene rings is 3. The van der Waals surface area contributed by atoms with Crippen molar-refractivity contribution in [1.29, 1.82) is 0 Å². The molecule has 1 heterocycles. The van der Waals surface area contributed by atoms with E-state index < -0.39 is 35.5 Å². The number of nitrogens with zero attached hydrogens (tertiary/aromatic N) is 2. The van der Waals surface area contributed by atoms with Crippen LogP contribution >= 0.6 is 15.9 Å². The third-order valence-corrected chi connectivity index (χ3v) is 6.32. The molecule has 0 bridgehead atoms. The zero-order valence-corrected chi connectivity index (χ0v) is 20.1. The van der Waals surface area contributed by atoms with E-state index in [-0.39, 0.29) is 28.5 Å². The summed E-state index contributed by atoms with van der Waals surface area (Å²) in [6.07, 6.45) is -4.66. The van der Waals surface area contributed by atoms with Gasteiger partial charge in [0, 0.05) is 15.6 Å². The minimum atomic E-state index is -4.66. The van der Waals surface area contributed by atoms with Gasteiger partial charge in [-0.05, 0) is 43.3 Å². The first-order valence-corrected chi connectivity index (χ1v) is 11.2. The molecule has 182 valence electrons. The van der Waals surface area contributed by atoms with Crippen LogP contribution in [0.5, 0.6) is 5.75 Å². The van der Waals surface area contributed by atoms with E-state index >= 15 is 0 Å². The number of rotatable bonds is 5. The molecule has 0 fully saturated rings. The zero-order chi connectivity index (χ0) is 25.5. The minimum absolute atomic E-state index is 0.0444. The van der Waals surface area contributed by atoms with Crippen molar-refractivity contribution in [2.45, 2.75) is 19.1 Å². The van der Waals surface area contributed by atoms with Crippen LogP contribution in [0.15, 0.2) is 70.1 Å². The molecule has 0 radical (unpaired) electrons. The van der Waals surface area contributed by atoms with Crippen LogP contribution in [0.4, 0.5) is 28.9 Å². The van der Waals surface area contributed by atoms with Crippen molar-refractivity contribution in [1.82, 2.24) is 0 Å². The third kappa shape index (κ3) is 4.62. The number of amidine groups is 1. The maximum absolute atomic E-state index is 14.9. The van der Waals surface area contributed by atoms with Gasteiger partial charge in [0.1, 0.15) is 23.1 Å². The molecule has 1 N–H and O–H groups in total. The highest BCUT2D eigenvalue weighted by Gasteiger charge is 2.41. The monoisotopic (exact) mass is 550 g/mol. The van der Waals surface area contributed by atoms with E-state index in [4.69, 9.17) is 4.74 Å². The molecule has 3 aromatic rings. The molecule has 0 aliphatic carbocycles. The number of fused-ring (bicyclic) bond motifs is 1. The van der Waals surface area contributed by atoms with Crippen molar-refractivity contribution < 1.29 is 32.2 Å². The number of carbonyl (C=O) groups is 1. The number of aliphatic carboxylic acids is 1. The van der Waals surface area contributed by atoms with Gasteiger partial charge in [-0.3, -0.25) is 4.79 Å². The Labute approximate surface area is 206 Å². The molecule has 1 aliphatic rings. The van der Waals surface area contributed by atoms with Gasteiger partial charge in [-0.1, -0.05) is 40.2 Å². The molecule has 2 atom stereocenters. The Bertz CT molecular complexity index is 1310. The van der Waals surface area contributed by atoms with E-state index in [9.17, 15) is 27.5 Å². The lowest BCUT2D eigenvalue weighted by molar-refractivity contribution is -0.142. The number of halogens is 5. The van der Waals surface area contributed by atoms with Gasteiger partial charge in [-0.2, -0.15) is 13.2 Å². The first kappa shape index (κ1) is 24.7. The summed E-state index contributed by atoms with van der Waals surface area (Å²) in [4.78, 5) is 18.0. The second kappa shape index (κ2) is 9.33. The molecule has 0 saturated heterocycles. The Balaban J connectivity index is 2.08. The molecular formula is C25H19BrF4N2O3. The normalized spacial score (nSPS) is 16.4. The van der Waals surface area contributed by atoms with E-state index in [1.807, 2.05) is 0 Å². The van der Waals surface area contributed by atoms with Crippen molar-refractivity contribution in [2.75, 3.05) is 12.0 Å². The molecule has 3 aromatic carbocycles. The second-order valence-electron chi connectivity index (χ2n) is 7.95. The standard InChI is InChI=1S/C25H19BrF4N2O3/c1-13(24(33)34)22-17-4-3-5-18(27)21(17)31-23(14-6-9-16(26)10-7-14)32(22)19-12-15(25(28,29)30)8-11-20(19)35-2/h3-13,22H,1-2H3,(H,33,34). The van der Waals surface area contributed by atoms with E-state index in [0.29, 0.717) is 5.56 Å². The quantitative estimate of drug-likeness (QED) is 0.348. The summed E-state index contributed by atoms with van der Waals surface area (Å²) in [6, 6.07) is 12.7. The topological polar surface area (TPSA) is 62.1 Å². The van der Waals surface area contributed by atoms with Gasteiger partial charge in [0.05, 0.1) is 30.3 Å². The number of aliphatic imine (C=N–C) groups is 1. The smallest absolute Gasteiger partial charge is 0.416 e. The van der Waals surface area contributed by atoms with E-state index in [2.05, 4.69) is 20.9 Å². The highest BCUT2D eigenvalue weighted by atomic mass is 79.9. The molecule has 35 heavy (non-hydrogen) atoms. The van der Waals surface area contributed by atoms with Crippen molar-refractivity contribution >= 4 is 39.1 Å². The second-order valence-corrected chi connectivity index (χ2v) is 8.86. The van der Waals surface area contributed by atoms with Crippen molar-refractivity contribution in [3.8, 4) is 5.75 Å². The summed E-state index contributed by atoms with van der Waals surface area (Å²) >= 11 is 3.34. The average Bonchev–Trinajstić information content (AvgIpc) is 2.82. The van der Waals surface area contributed by atoms with Gasteiger partial charge in [-0.25, -0.2) is 9.38 Å². The Morgan fingerprint density at radius 3 is 2.43 bits per heavy atom. The number of anilines is 1. The predicted octanol–water partition coefficient (Wildman–Crippen LogP) is 6.98. The number of carboxylic acids is 1. The largest absolute Gasteiger partial charge is 0.495 e. The average molecular weight is 551 g/mol. The number of hydrogen-bond acceptors (Lipinski definition) is 4. The molecule has 4 rings (SSSR count). The summed E-state index contributed by atoms with van der Waals surface area (Å²) in [6.45, 7) is 1.42. The van der Waals surface area contributed by atoms with Gasteiger partial charge in [0.15, 0.2) is 0 Å². The van der Waals surface area contributed by atoms with Crippen LogP contribution in [0.2, 0.25) is 0 Å². The van der Waals surface area contributed by atoms with Gasteiger partial charge < -0.3 is 14.7 Å². The predicted molar refractivity (Wildman–Crippen MR) is 127 cm³/mol. The SMILES string of the molecule is COc1ccc(C(F)(F)F)cc1N1C(c2ccc(Br)cc2)=Nc2c(F)cccc2C1C(C)C(=O)O. The first-order chi connectivity index (χ1) is 16.5. The van der Waals surface area contributed by atoms with Crippen molar-refractivity contribution in [3.05, 3.63) is 87.6 Å². The van der Waals surface area contributed by atoms with Crippen LogP contribution in [0.3, 0.4) is 0 Å². The lowest BCUT2D eigenvalue weighted by Gasteiger charge is -2.41. The molecule has 2 unspecified atom stereocenters. The van der Waals surface area contributed by atoms with E-state index in [0.717, 1.165) is 16.6 Å². The Morgan fingerprint density at radius 1 is 1.14 bits per heavy atom. The van der Waals surface area contributed by atoms with E-state index in [1.165, 1.54) is 43.2 Å². The van der Waals surface area contributed by atoms with Crippen LogP contribution in [0, 0.1) is 11.7 Å². The summed E-state index contributed by atoms with van der Waals surface area (Å²) in [5.74, 6) is -2.87. The molecule has 0 spiro atoms. The lowest BCUT2D eigenvalue weighted by atomic mass is 9.88. The molecule has 0 saturated carbocycles. The van der Waals surface area contributed by atoms with Crippen molar-refractivity contribution in [2.24, 2.45) is 10.9 Å². The fraction of sp³-hybridized carbons (Fsp3) is 0.200. The van der Waals surface area contributed by atoms with Crippen LogP contribution in [-0.4, -0.2) is 24.0 Å². The van der Waals surface area contributed by atoms with Crippen LogP contribution in [0.1, 0.15) is 29.7 Å². The zero-order valence-electron chi connectivity index (χ0n) is 18.5. The van der Waals surface area contributed by atoms with Gasteiger partial charge in [0.2, 0.25) is 0 Å². The Kier molecular flexibility index (Phi) is 6.59. The number of alkyl halides is 3. The number of carboxylic acid groups (broad SMARTS) is 1. The van der Waals surface area contributed by atoms with Gasteiger partial charge in [-0.15, -0.1) is 0 Å². The lowest BCUT2D eigenvalue weighted by Crippen LogP contribution is -2.43. The number of methoxy groups -OCH3 is 1. The van der Waals surface area contributed by atoms with Crippen LogP contribution < -0.4 is 9.64 Å². The first-order valence-electron chi connectivity index (χ1n) is 10.4. The maximum Gasteiger partial charge on any atom is 0.416 e. The highest BCUT2D eigenvalue weighted by molar-refractivity contribution is 9.10. The Hall–Kier alpha value is -3.40. The molecule has 0 aromatic heterocycles. The number of ether oxygens (including phenoxy) is 1. The summed E-state index contributed by atoms with van der Waals surface area (Å²) < 4.78 is 62.0. The molecule has 0 amide bonds. The van der Waals surface area contributed by atoms with Crippen molar-refractivity contribution in [3.63, 3.8) is 0 Å². The number of para-hydroxylation sites is 1. The minimum Gasteiger partial charge on any atom is -0.495 e. The number of hydrogen-bond donors (Lipinski definition) is 1. The molecular weight excluding hydrogens is 532 g/mol. The van der Waals surface area contributed by atoms with Gasteiger partial charge in [0.25, 0.3) is 0 Å². The highest BCUT2D eigenvalue weighted by Crippen LogP contribution is 2.47. The summed E-state index contributed by atoms with van der Waals surface area (Å²) in [5, 5.41) is 9.92. The summed E-state index contributed by atoms with van der Waals surface area (Å²) in [7, 11) is 1.30. The third-order valence-electron chi connectivity index (χ3n) is 5.79. The fourth-order valence-electron chi connectivity index (χ4n) is 4.07. The van der Waals surface area contributed by atoms with Crippen LogP contribution in [0.25, 0.3) is 0 Å². The fourth-order valence-corrected chi connectivity index (χ4v) is 4.33. The molecule has 5 nitrogen and oxygen atoms in total. The Morgan fingerprint density at radius 2 is 1.83 bits per heavy atom. The molecule has 10 heteroatoms. The molecule has 1 aliphatic heterocycles. The van der Waals surface area contributed by atoms with E-state index in [1.54, 1.807) is 24.3 Å². The van der Waals surface area contributed by atoms with Gasteiger partial charge >= 0.3 is 12.1 Å². The van der Waals surface area contributed by atoms with Crippen LogP contribution in [-0.2, 0) is 11.0 Å². The summed E-state index contributed by atoms with van der Waals surface area (Å²) in [5.41, 5.74) is -0.373.